The molecule has 2 heterocycles. The lowest BCUT2D eigenvalue weighted by molar-refractivity contribution is -0.193. The maximum absolute atomic E-state index is 14.0. The number of aromatic amines is 1. The Kier molecular flexibility index (Phi) is 9.65. The van der Waals surface area contributed by atoms with E-state index in [9.17, 15) is 35.1 Å². The molecular formula is C23H16F8N4O4. The summed E-state index contributed by atoms with van der Waals surface area (Å²) in [6.45, 7) is 0. The van der Waals surface area contributed by atoms with Crippen LogP contribution in [0.15, 0.2) is 60.9 Å². The van der Waals surface area contributed by atoms with Crippen molar-refractivity contribution in [1.82, 2.24) is 15.0 Å². The third kappa shape index (κ3) is 8.74. The van der Waals surface area contributed by atoms with E-state index in [0.29, 0.717) is 5.82 Å². The highest BCUT2D eigenvalue weighted by atomic mass is 19.4. The molecule has 5 N–H and O–H groups in total. The molecule has 0 bridgehead atoms. The smallest absolute Gasteiger partial charge is 0.475 e. The van der Waals surface area contributed by atoms with Crippen LogP contribution in [0, 0.1) is 11.6 Å². The summed E-state index contributed by atoms with van der Waals surface area (Å²) in [6, 6.07) is 12.1. The number of aromatic nitrogens is 3. The zero-order chi connectivity index (χ0) is 29.5. The van der Waals surface area contributed by atoms with Gasteiger partial charge in [0, 0.05) is 24.0 Å². The molecule has 0 amide bonds. The third-order valence-corrected chi connectivity index (χ3v) is 4.59. The van der Waals surface area contributed by atoms with E-state index >= 15 is 0 Å². The fourth-order valence-corrected chi connectivity index (χ4v) is 2.80. The lowest BCUT2D eigenvalue weighted by atomic mass is 10.1. The van der Waals surface area contributed by atoms with Crippen LogP contribution in [0.1, 0.15) is 17.4 Å². The molecule has 4 rings (SSSR count). The second-order valence-electron chi connectivity index (χ2n) is 7.34. The van der Waals surface area contributed by atoms with Gasteiger partial charge in [-0.15, -0.1) is 0 Å². The quantitative estimate of drug-likeness (QED) is 0.250. The van der Waals surface area contributed by atoms with Crippen molar-refractivity contribution in [2.75, 3.05) is 0 Å². The van der Waals surface area contributed by atoms with Crippen LogP contribution in [0.4, 0.5) is 35.1 Å². The predicted molar refractivity (Wildman–Crippen MR) is 119 cm³/mol. The van der Waals surface area contributed by atoms with Gasteiger partial charge >= 0.3 is 24.3 Å². The first-order chi connectivity index (χ1) is 18.0. The first-order valence-electron chi connectivity index (χ1n) is 10.2. The number of carboxylic acids is 2. The zero-order valence-electron chi connectivity index (χ0n) is 19.1. The summed E-state index contributed by atoms with van der Waals surface area (Å²) in [5.41, 5.74) is 9.86. The number of rotatable bonds is 3. The van der Waals surface area contributed by atoms with Crippen LogP contribution in [-0.4, -0.2) is 49.5 Å². The highest BCUT2D eigenvalue weighted by Gasteiger charge is 2.38. The number of nitrogens with one attached hydrogen (secondary N) is 1. The van der Waals surface area contributed by atoms with Crippen LogP contribution >= 0.6 is 0 Å². The largest absolute Gasteiger partial charge is 0.490 e. The SMILES string of the molecule is NC(c1nc2ccc(-c3ccncc3)cc2[nH]1)c1ccc(F)cc1F.O=C(O)C(F)(F)F.O=C(O)C(F)(F)F. The fourth-order valence-electron chi connectivity index (χ4n) is 2.80. The van der Waals surface area contributed by atoms with Crippen LogP contribution < -0.4 is 5.73 Å². The van der Waals surface area contributed by atoms with Gasteiger partial charge in [-0.25, -0.2) is 23.4 Å². The standard InChI is InChI=1S/C19H14F2N4.2C2HF3O2/c20-13-2-3-14(15(21)10-13)18(22)19-24-16-4-1-12(9-17(16)25-19)11-5-7-23-8-6-11;2*3-2(4,5)1(6)7/h1-10,18H,22H2,(H,24,25);2*(H,6,7). The Morgan fingerprint density at radius 1 is 0.821 bits per heavy atom. The highest BCUT2D eigenvalue weighted by molar-refractivity contribution is 5.82. The summed E-state index contributed by atoms with van der Waals surface area (Å²) in [7, 11) is 0. The zero-order valence-corrected chi connectivity index (χ0v) is 19.1. The van der Waals surface area contributed by atoms with Crippen molar-refractivity contribution < 1.29 is 54.9 Å². The van der Waals surface area contributed by atoms with Gasteiger partial charge in [-0.3, -0.25) is 4.98 Å². The lowest BCUT2D eigenvalue weighted by Gasteiger charge is -2.10. The van der Waals surface area contributed by atoms with Gasteiger partial charge in [-0.1, -0.05) is 12.1 Å². The lowest BCUT2D eigenvalue weighted by Crippen LogP contribution is -2.21. The molecule has 0 aliphatic rings. The molecule has 8 nitrogen and oxygen atoms in total. The van der Waals surface area contributed by atoms with E-state index in [-0.39, 0.29) is 5.56 Å². The number of aliphatic carboxylic acids is 2. The van der Waals surface area contributed by atoms with Gasteiger partial charge in [0.25, 0.3) is 0 Å². The minimum atomic E-state index is -5.08. The predicted octanol–water partition coefficient (Wildman–Crippen LogP) is 5.22. The third-order valence-electron chi connectivity index (χ3n) is 4.59. The number of nitrogens with zero attached hydrogens (tertiary/aromatic N) is 2. The molecule has 0 saturated carbocycles. The molecule has 0 radical (unpaired) electrons. The fraction of sp³-hybridized carbons (Fsp3) is 0.130. The highest BCUT2D eigenvalue weighted by Crippen LogP contribution is 2.26. The van der Waals surface area contributed by atoms with E-state index in [0.717, 1.165) is 28.2 Å². The number of fused-ring (bicyclic) bond motifs is 1. The maximum atomic E-state index is 14.0. The number of hydrogen-bond acceptors (Lipinski definition) is 5. The Bertz CT molecular complexity index is 1420. The minimum absolute atomic E-state index is 0.190. The summed E-state index contributed by atoms with van der Waals surface area (Å²) in [5, 5.41) is 14.2. The monoisotopic (exact) mass is 564 g/mol. The van der Waals surface area contributed by atoms with E-state index in [1.54, 1.807) is 12.4 Å². The van der Waals surface area contributed by atoms with E-state index < -0.39 is 42.0 Å². The van der Waals surface area contributed by atoms with Gasteiger partial charge in [-0.2, -0.15) is 26.3 Å². The summed E-state index contributed by atoms with van der Waals surface area (Å²) in [4.78, 5) is 29.4. The molecule has 4 aromatic rings. The normalized spacial score (nSPS) is 12.0. The molecule has 1 atom stereocenters. The van der Waals surface area contributed by atoms with Gasteiger partial charge in [0.1, 0.15) is 17.5 Å². The molecule has 0 saturated heterocycles. The van der Waals surface area contributed by atoms with E-state index in [1.807, 2.05) is 30.3 Å². The molecule has 0 aliphatic carbocycles. The Morgan fingerprint density at radius 3 is 1.85 bits per heavy atom. The summed E-state index contributed by atoms with van der Waals surface area (Å²) >= 11 is 0. The van der Waals surface area contributed by atoms with Crippen LogP contribution in [0.3, 0.4) is 0 Å². The number of carboxylic acid groups (broad SMARTS) is 2. The van der Waals surface area contributed by atoms with Crippen molar-refractivity contribution in [3.63, 3.8) is 0 Å². The van der Waals surface area contributed by atoms with E-state index in [1.165, 1.54) is 12.1 Å². The molecule has 39 heavy (non-hydrogen) atoms. The summed E-state index contributed by atoms with van der Waals surface area (Å²) in [6.07, 6.45) is -6.71. The molecule has 2 aromatic carbocycles. The number of pyridine rings is 1. The second kappa shape index (κ2) is 12.3. The Balaban J connectivity index is 0.000000317. The first-order valence-corrected chi connectivity index (χ1v) is 10.2. The number of benzene rings is 2. The summed E-state index contributed by atoms with van der Waals surface area (Å²) in [5.74, 6) is -6.42. The topological polar surface area (TPSA) is 142 Å². The molecule has 16 heteroatoms. The number of alkyl halides is 6. The molecule has 2 aromatic heterocycles. The number of H-pyrrole nitrogens is 1. The van der Waals surface area contributed by atoms with E-state index in [2.05, 4.69) is 15.0 Å². The van der Waals surface area contributed by atoms with Crippen molar-refractivity contribution in [2.45, 2.75) is 18.4 Å². The van der Waals surface area contributed by atoms with Gasteiger partial charge in [0.15, 0.2) is 0 Å². The number of imidazole rings is 1. The van der Waals surface area contributed by atoms with Crippen molar-refractivity contribution in [1.29, 1.82) is 0 Å². The van der Waals surface area contributed by atoms with Crippen LogP contribution in [0.5, 0.6) is 0 Å². The average molecular weight is 564 g/mol. The maximum Gasteiger partial charge on any atom is 0.490 e. The molecule has 0 aliphatic heterocycles. The first kappa shape index (κ1) is 30.6. The molecular weight excluding hydrogens is 548 g/mol. The second-order valence-corrected chi connectivity index (χ2v) is 7.34. The number of halogens is 8. The molecule has 208 valence electrons. The average Bonchev–Trinajstić information content (AvgIpc) is 3.27. The van der Waals surface area contributed by atoms with Gasteiger partial charge < -0.3 is 20.9 Å². The molecule has 0 fully saturated rings. The Morgan fingerprint density at radius 2 is 1.36 bits per heavy atom. The van der Waals surface area contributed by atoms with Gasteiger partial charge in [0.2, 0.25) is 0 Å². The van der Waals surface area contributed by atoms with Crippen molar-refractivity contribution >= 4 is 23.0 Å². The van der Waals surface area contributed by atoms with Crippen LogP contribution in [-0.2, 0) is 9.59 Å². The van der Waals surface area contributed by atoms with Crippen LogP contribution in [0.25, 0.3) is 22.2 Å². The summed E-state index contributed by atoms with van der Waals surface area (Å²) < 4.78 is 90.5. The van der Waals surface area contributed by atoms with Gasteiger partial charge in [0.05, 0.1) is 17.1 Å². The molecule has 1 unspecified atom stereocenters. The van der Waals surface area contributed by atoms with Crippen molar-refractivity contribution in [3.8, 4) is 11.1 Å². The van der Waals surface area contributed by atoms with Crippen molar-refractivity contribution in [2.24, 2.45) is 5.73 Å². The minimum Gasteiger partial charge on any atom is -0.475 e. The van der Waals surface area contributed by atoms with E-state index in [4.69, 9.17) is 25.5 Å². The Labute approximate surface area is 212 Å². The van der Waals surface area contributed by atoms with Gasteiger partial charge in [-0.05, 0) is 41.5 Å². The number of hydrogen-bond donors (Lipinski definition) is 4. The van der Waals surface area contributed by atoms with Crippen LogP contribution in [0.2, 0.25) is 0 Å². The molecule has 0 spiro atoms. The number of nitrogens with two attached hydrogens (primary N) is 1. The Hall–Kier alpha value is -4.60. The van der Waals surface area contributed by atoms with Crippen molar-refractivity contribution in [3.05, 3.63) is 83.9 Å². The number of carbonyl (C=O) groups is 2.